The summed E-state index contributed by atoms with van der Waals surface area (Å²) in [5.74, 6) is 0.477. The Morgan fingerprint density at radius 1 is 1.14 bits per heavy atom. The molecule has 0 aliphatic carbocycles. The molecule has 2 aromatic carbocycles. The smallest absolute Gasteiger partial charge is 0.227 e. The van der Waals surface area contributed by atoms with Crippen LogP contribution in [-0.2, 0) is 17.9 Å². The monoisotopic (exact) mass is 437 g/mol. The second-order valence-corrected chi connectivity index (χ2v) is 7.49. The van der Waals surface area contributed by atoms with Crippen molar-refractivity contribution in [2.75, 3.05) is 5.32 Å². The normalized spacial score (nSPS) is 11.1. The first kappa shape index (κ1) is 18.4. The van der Waals surface area contributed by atoms with Gasteiger partial charge >= 0.3 is 0 Å². The Bertz CT molecular complexity index is 1130. The van der Waals surface area contributed by atoms with Crippen molar-refractivity contribution in [3.05, 3.63) is 76.7 Å². The van der Waals surface area contributed by atoms with Crippen LogP contribution in [0.15, 0.2) is 65.4 Å². The van der Waals surface area contributed by atoms with Gasteiger partial charge < -0.3 is 5.32 Å². The average molecular weight is 438 g/mol. The first-order valence-corrected chi connectivity index (χ1v) is 9.87. The molecule has 0 bridgehead atoms. The number of aromatic nitrogens is 4. The third-order valence-electron chi connectivity index (χ3n) is 4.71. The summed E-state index contributed by atoms with van der Waals surface area (Å²) in [7, 11) is 0. The van der Waals surface area contributed by atoms with E-state index >= 15 is 0 Å². The summed E-state index contributed by atoms with van der Waals surface area (Å²) in [4.78, 5) is 12.2. The molecular formula is C21H20BrN5O. The number of nitrogens with one attached hydrogen (secondary N) is 1. The van der Waals surface area contributed by atoms with Gasteiger partial charge in [-0.25, -0.2) is 0 Å². The number of amides is 1. The summed E-state index contributed by atoms with van der Waals surface area (Å²) in [5.41, 5.74) is 2.20. The highest BCUT2D eigenvalue weighted by molar-refractivity contribution is 9.10. The van der Waals surface area contributed by atoms with E-state index in [4.69, 9.17) is 0 Å². The van der Waals surface area contributed by atoms with Crippen molar-refractivity contribution < 1.29 is 4.79 Å². The summed E-state index contributed by atoms with van der Waals surface area (Å²) >= 11 is 3.43. The number of aryl methyl sites for hydroxylation is 1. The molecular weight excluding hydrogens is 418 g/mol. The van der Waals surface area contributed by atoms with Gasteiger partial charge in [0.2, 0.25) is 5.91 Å². The van der Waals surface area contributed by atoms with E-state index in [1.54, 1.807) is 6.20 Å². The molecule has 0 saturated heterocycles. The SMILES string of the molecule is Cc1c(Br)cnn1CCC(=O)Nc1ccn(Cc2cccc3ccccc23)n1. The maximum Gasteiger partial charge on any atom is 0.227 e. The van der Waals surface area contributed by atoms with E-state index in [0.717, 1.165) is 10.2 Å². The van der Waals surface area contributed by atoms with Crippen LogP contribution < -0.4 is 5.32 Å². The van der Waals surface area contributed by atoms with Gasteiger partial charge in [-0.15, -0.1) is 0 Å². The molecule has 0 saturated carbocycles. The number of rotatable bonds is 6. The van der Waals surface area contributed by atoms with Gasteiger partial charge in [0.1, 0.15) is 0 Å². The molecule has 7 heteroatoms. The van der Waals surface area contributed by atoms with Gasteiger partial charge in [0.05, 0.1) is 23.8 Å². The van der Waals surface area contributed by atoms with Crippen LogP contribution in [0.2, 0.25) is 0 Å². The highest BCUT2D eigenvalue weighted by Crippen LogP contribution is 2.19. The van der Waals surface area contributed by atoms with E-state index in [1.807, 2.05) is 40.7 Å². The molecule has 2 heterocycles. The van der Waals surface area contributed by atoms with Crippen LogP contribution >= 0.6 is 15.9 Å². The number of halogens is 1. The molecule has 0 aliphatic rings. The largest absolute Gasteiger partial charge is 0.309 e. The van der Waals surface area contributed by atoms with Crippen LogP contribution in [0.4, 0.5) is 5.82 Å². The van der Waals surface area contributed by atoms with Gasteiger partial charge in [0.15, 0.2) is 5.82 Å². The zero-order valence-electron chi connectivity index (χ0n) is 15.5. The lowest BCUT2D eigenvalue weighted by Crippen LogP contribution is -2.16. The molecule has 0 atom stereocenters. The van der Waals surface area contributed by atoms with E-state index in [-0.39, 0.29) is 5.91 Å². The van der Waals surface area contributed by atoms with Gasteiger partial charge in [0, 0.05) is 24.4 Å². The fraction of sp³-hybridized carbons (Fsp3) is 0.190. The molecule has 0 spiro atoms. The summed E-state index contributed by atoms with van der Waals surface area (Å²) < 4.78 is 4.59. The molecule has 0 unspecified atom stereocenters. The molecule has 0 fully saturated rings. The van der Waals surface area contributed by atoms with Crippen LogP contribution in [0.5, 0.6) is 0 Å². The van der Waals surface area contributed by atoms with Gasteiger partial charge in [-0.2, -0.15) is 10.2 Å². The Morgan fingerprint density at radius 3 is 2.79 bits per heavy atom. The molecule has 6 nitrogen and oxygen atoms in total. The fourth-order valence-corrected chi connectivity index (χ4v) is 3.48. The van der Waals surface area contributed by atoms with Gasteiger partial charge in [-0.3, -0.25) is 14.2 Å². The molecule has 4 rings (SSSR count). The molecule has 0 aliphatic heterocycles. The quantitative estimate of drug-likeness (QED) is 0.486. The zero-order chi connectivity index (χ0) is 19.5. The summed E-state index contributed by atoms with van der Waals surface area (Å²) in [6.07, 6.45) is 3.96. The Labute approximate surface area is 171 Å². The Balaban J connectivity index is 1.39. The molecule has 142 valence electrons. The minimum atomic E-state index is -0.0820. The van der Waals surface area contributed by atoms with Crippen molar-refractivity contribution in [2.45, 2.75) is 26.4 Å². The molecule has 1 amide bonds. The lowest BCUT2D eigenvalue weighted by atomic mass is 10.0. The summed E-state index contributed by atoms with van der Waals surface area (Å²) in [6, 6.07) is 16.4. The third-order valence-corrected chi connectivity index (χ3v) is 5.49. The highest BCUT2D eigenvalue weighted by Gasteiger charge is 2.09. The van der Waals surface area contributed by atoms with Crippen molar-refractivity contribution >= 4 is 38.4 Å². The van der Waals surface area contributed by atoms with E-state index in [0.29, 0.717) is 25.3 Å². The maximum atomic E-state index is 12.2. The number of hydrogen-bond acceptors (Lipinski definition) is 3. The Hall–Kier alpha value is -2.93. The number of nitrogens with zero attached hydrogens (tertiary/aromatic N) is 4. The number of carbonyl (C=O) groups excluding carboxylic acids is 1. The van der Waals surface area contributed by atoms with E-state index in [2.05, 4.69) is 61.8 Å². The van der Waals surface area contributed by atoms with Crippen LogP contribution in [0, 0.1) is 6.92 Å². The molecule has 2 aromatic heterocycles. The third kappa shape index (κ3) is 3.99. The first-order chi connectivity index (χ1) is 13.6. The number of hydrogen-bond donors (Lipinski definition) is 1. The van der Waals surface area contributed by atoms with Crippen LogP contribution in [0.1, 0.15) is 17.7 Å². The predicted octanol–water partition coefficient (Wildman–Crippen LogP) is 4.38. The van der Waals surface area contributed by atoms with E-state index < -0.39 is 0 Å². The topological polar surface area (TPSA) is 64.7 Å². The molecule has 28 heavy (non-hydrogen) atoms. The average Bonchev–Trinajstić information content (AvgIpc) is 3.27. The van der Waals surface area contributed by atoms with Gasteiger partial charge in [0.25, 0.3) is 0 Å². The lowest BCUT2D eigenvalue weighted by molar-refractivity contribution is -0.116. The molecule has 0 radical (unpaired) electrons. The van der Waals surface area contributed by atoms with Crippen molar-refractivity contribution in [1.82, 2.24) is 19.6 Å². The number of fused-ring (bicyclic) bond motifs is 1. The van der Waals surface area contributed by atoms with Crippen LogP contribution in [0.25, 0.3) is 10.8 Å². The second-order valence-electron chi connectivity index (χ2n) is 6.64. The van der Waals surface area contributed by atoms with Gasteiger partial charge in [-0.1, -0.05) is 42.5 Å². The maximum absolute atomic E-state index is 12.2. The zero-order valence-corrected chi connectivity index (χ0v) is 17.1. The lowest BCUT2D eigenvalue weighted by Gasteiger charge is -2.07. The summed E-state index contributed by atoms with van der Waals surface area (Å²) in [5, 5.41) is 14.0. The number of anilines is 1. The van der Waals surface area contributed by atoms with E-state index in [1.165, 1.54) is 16.3 Å². The second kappa shape index (κ2) is 7.98. The van der Waals surface area contributed by atoms with Crippen molar-refractivity contribution in [1.29, 1.82) is 0 Å². The van der Waals surface area contributed by atoms with Crippen molar-refractivity contribution in [3.8, 4) is 0 Å². The predicted molar refractivity (Wildman–Crippen MR) is 113 cm³/mol. The van der Waals surface area contributed by atoms with Crippen LogP contribution in [-0.4, -0.2) is 25.5 Å². The first-order valence-electron chi connectivity index (χ1n) is 9.08. The van der Waals surface area contributed by atoms with Crippen molar-refractivity contribution in [2.24, 2.45) is 0 Å². The number of carbonyl (C=O) groups is 1. The minimum absolute atomic E-state index is 0.0820. The minimum Gasteiger partial charge on any atom is -0.309 e. The van der Waals surface area contributed by atoms with E-state index in [9.17, 15) is 4.79 Å². The van der Waals surface area contributed by atoms with Gasteiger partial charge in [-0.05, 0) is 39.2 Å². The van der Waals surface area contributed by atoms with Crippen molar-refractivity contribution in [3.63, 3.8) is 0 Å². The highest BCUT2D eigenvalue weighted by atomic mass is 79.9. The Morgan fingerprint density at radius 2 is 1.96 bits per heavy atom. The van der Waals surface area contributed by atoms with Crippen LogP contribution in [0.3, 0.4) is 0 Å². The molecule has 4 aromatic rings. The molecule has 1 N–H and O–H groups in total. The Kier molecular flexibility index (Phi) is 5.25. The fourth-order valence-electron chi connectivity index (χ4n) is 3.18. The standard InChI is InChI=1S/C21H20BrN5O/c1-15-19(22)13-23-27(15)12-10-21(28)24-20-9-11-26(25-20)14-17-7-4-6-16-5-2-3-8-18(16)17/h2-9,11,13H,10,12,14H2,1H3,(H,24,25,28). The summed E-state index contributed by atoms with van der Waals surface area (Å²) in [6.45, 7) is 3.14. The number of benzene rings is 2.